The van der Waals surface area contributed by atoms with Gasteiger partial charge in [0.05, 0.1) is 6.04 Å². The Hall–Kier alpha value is -0.610. The Labute approximate surface area is 105 Å². The van der Waals surface area contributed by atoms with E-state index in [4.69, 9.17) is 10.5 Å². The minimum Gasteiger partial charge on any atom is -0.385 e. The van der Waals surface area contributed by atoms with Crippen LogP contribution in [0.15, 0.2) is 0 Å². The molecular formula is C13H28N2O2. The average Bonchev–Trinajstić information content (AvgIpc) is 2.22. The molecule has 0 fully saturated rings. The number of rotatable bonds is 8. The maximum atomic E-state index is 12.2. The quantitative estimate of drug-likeness (QED) is 0.704. The van der Waals surface area contributed by atoms with Crippen LogP contribution in [0, 0.1) is 11.8 Å². The van der Waals surface area contributed by atoms with E-state index >= 15 is 0 Å². The molecule has 0 aliphatic carbocycles. The van der Waals surface area contributed by atoms with Gasteiger partial charge in [0.2, 0.25) is 5.91 Å². The maximum Gasteiger partial charge on any atom is 0.239 e. The lowest BCUT2D eigenvalue weighted by atomic mass is 10.1. The molecule has 1 atom stereocenters. The summed E-state index contributed by atoms with van der Waals surface area (Å²) >= 11 is 0. The van der Waals surface area contributed by atoms with Crippen LogP contribution in [0.5, 0.6) is 0 Å². The van der Waals surface area contributed by atoms with E-state index in [9.17, 15) is 4.79 Å². The molecule has 1 amide bonds. The lowest BCUT2D eigenvalue weighted by Gasteiger charge is -2.28. The van der Waals surface area contributed by atoms with E-state index in [0.717, 1.165) is 13.1 Å². The third-order valence-corrected chi connectivity index (χ3v) is 2.43. The number of methoxy groups -OCH3 is 1. The molecule has 1 unspecified atom stereocenters. The summed E-state index contributed by atoms with van der Waals surface area (Å²) < 4.78 is 4.95. The highest BCUT2D eigenvalue weighted by Crippen LogP contribution is 2.07. The molecule has 0 aromatic rings. The minimum atomic E-state index is -0.438. The summed E-state index contributed by atoms with van der Waals surface area (Å²) in [6.07, 6.45) is 0.585. The highest BCUT2D eigenvalue weighted by atomic mass is 16.5. The van der Waals surface area contributed by atoms with Gasteiger partial charge in [-0.3, -0.25) is 4.79 Å². The molecule has 0 saturated heterocycles. The van der Waals surface area contributed by atoms with Crippen molar-refractivity contribution >= 4 is 5.91 Å². The highest BCUT2D eigenvalue weighted by Gasteiger charge is 2.21. The lowest BCUT2D eigenvalue weighted by molar-refractivity contribution is -0.134. The molecule has 0 saturated carbocycles. The van der Waals surface area contributed by atoms with Crippen LogP contribution in [0.2, 0.25) is 0 Å². The first kappa shape index (κ1) is 16.4. The molecule has 0 aromatic carbocycles. The molecule has 4 heteroatoms. The minimum absolute atomic E-state index is 0.0458. The summed E-state index contributed by atoms with van der Waals surface area (Å²) in [4.78, 5) is 14.1. The second-order valence-corrected chi connectivity index (χ2v) is 5.42. The van der Waals surface area contributed by atoms with Gasteiger partial charge in [0, 0.05) is 26.8 Å². The van der Waals surface area contributed by atoms with E-state index in [-0.39, 0.29) is 5.91 Å². The molecule has 0 radical (unpaired) electrons. The topological polar surface area (TPSA) is 55.6 Å². The normalized spacial score (nSPS) is 13.2. The molecular weight excluding hydrogens is 216 g/mol. The summed E-state index contributed by atoms with van der Waals surface area (Å²) in [7, 11) is 1.62. The zero-order chi connectivity index (χ0) is 13.4. The molecule has 0 aliphatic heterocycles. The fraction of sp³-hybridized carbons (Fsp3) is 0.923. The van der Waals surface area contributed by atoms with Gasteiger partial charge in [-0.2, -0.15) is 0 Å². The number of ether oxygens (including phenoxy) is 1. The number of nitrogens with zero attached hydrogens (tertiary/aromatic N) is 1. The van der Waals surface area contributed by atoms with Crippen LogP contribution in [0.25, 0.3) is 0 Å². The second kappa shape index (κ2) is 8.48. The van der Waals surface area contributed by atoms with Crippen molar-refractivity contribution in [2.24, 2.45) is 17.6 Å². The van der Waals surface area contributed by atoms with E-state index in [1.165, 1.54) is 0 Å². The van der Waals surface area contributed by atoms with Crippen molar-refractivity contribution in [2.45, 2.75) is 40.2 Å². The van der Waals surface area contributed by atoms with Gasteiger partial charge in [-0.1, -0.05) is 27.7 Å². The standard InChI is InChI=1S/C13H28N2O2/c1-10(2)8-15(9-11(3)4)13(16)12(14)6-7-17-5/h10-12H,6-9,14H2,1-5H3. The Bertz CT molecular complexity index is 207. The molecule has 4 nitrogen and oxygen atoms in total. The van der Waals surface area contributed by atoms with Gasteiger partial charge in [-0.25, -0.2) is 0 Å². The number of carbonyl (C=O) groups excluding carboxylic acids is 1. The van der Waals surface area contributed by atoms with Gasteiger partial charge in [0.25, 0.3) is 0 Å². The zero-order valence-electron chi connectivity index (χ0n) is 11.9. The smallest absolute Gasteiger partial charge is 0.239 e. The Morgan fingerprint density at radius 3 is 2.00 bits per heavy atom. The largest absolute Gasteiger partial charge is 0.385 e. The van der Waals surface area contributed by atoms with Crippen LogP contribution in [0.1, 0.15) is 34.1 Å². The fourth-order valence-corrected chi connectivity index (χ4v) is 1.74. The van der Waals surface area contributed by atoms with Gasteiger partial charge >= 0.3 is 0 Å². The van der Waals surface area contributed by atoms with E-state index < -0.39 is 6.04 Å². The van der Waals surface area contributed by atoms with Crippen molar-refractivity contribution in [1.82, 2.24) is 4.90 Å². The molecule has 0 bridgehead atoms. The van der Waals surface area contributed by atoms with E-state index in [1.807, 2.05) is 4.90 Å². The number of nitrogens with two attached hydrogens (primary N) is 1. The molecule has 0 aliphatic rings. The highest BCUT2D eigenvalue weighted by molar-refractivity contribution is 5.81. The monoisotopic (exact) mass is 244 g/mol. The average molecular weight is 244 g/mol. The maximum absolute atomic E-state index is 12.2. The first-order chi connectivity index (χ1) is 7.88. The van der Waals surface area contributed by atoms with Gasteiger partial charge in [-0.05, 0) is 18.3 Å². The van der Waals surface area contributed by atoms with Crippen LogP contribution in [-0.4, -0.2) is 43.7 Å². The van der Waals surface area contributed by atoms with Crippen LogP contribution in [-0.2, 0) is 9.53 Å². The van der Waals surface area contributed by atoms with E-state index in [1.54, 1.807) is 7.11 Å². The Morgan fingerprint density at radius 1 is 1.18 bits per heavy atom. The summed E-state index contributed by atoms with van der Waals surface area (Å²) in [5, 5.41) is 0. The second-order valence-electron chi connectivity index (χ2n) is 5.42. The van der Waals surface area contributed by atoms with Gasteiger partial charge in [-0.15, -0.1) is 0 Å². The fourth-order valence-electron chi connectivity index (χ4n) is 1.74. The summed E-state index contributed by atoms with van der Waals surface area (Å²) in [5.41, 5.74) is 5.88. The molecule has 0 heterocycles. The number of amides is 1. The van der Waals surface area contributed by atoms with Gasteiger partial charge in [0.1, 0.15) is 0 Å². The van der Waals surface area contributed by atoms with Gasteiger partial charge in [0.15, 0.2) is 0 Å². The number of carbonyl (C=O) groups is 1. The molecule has 0 aromatic heterocycles. The lowest BCUT2D eigenvalue weighted by Crippen LogP contribution is -2.47. The zero-order valence-corrected chi connectivity index (χ0v) is 11.9. The SMILES string of the molecule is COCCC(N)C(=O)N(CC(C)C)CC(C)C. The molecule has 0 rings (SSSR count). The molecule has 102 valence electrons. The molecule has 17 heavy (non-hydrogen) atoms. The van der Waals surface area contributed by atoms with Crippen LogP contribution < -0.4 is 5.73 Å². The van der Waals surface area contributed by atoms with Crippen molar-refractivity contribution in [3.05, 3.63) is 0 Å². The summed E-state index contributed by atoms with van der Waals surface area (Å²) in [6, 6.07) is -0.438. The molecule has 2 N–H and O–H groups in total. The summed E-state index contributed by atoms with van der Waals surface area (Å²) in [6.45, 7) is 10.5. The van der Waals surface area contributed by atoms with Crippen LogP contribution in [0.4, 0.5) is 0 Å². The molecule has 0 spiro atoms. The van der Waals surface area contributed by atoms with Crippen LogP contribution >= 0.6 is 0 Å². The van der Waals surface area contributed by atoms with Crippen molar-refractivity contribution < 1.29 is 9.53 Å². The first-order valence-corrected chi connectivity index (χ1v) is 6.41. The predicted octanol–water partition coefficient (Wildman–Crippen LogP) is 1.49. The van der Waals surface area contributed by atoms with Crippen LogP contribution in [0.3, 0.4) is 0 Å². The van der Waals surface area contributed by atoms with E-state index in [2.05, 4.69) is 27.7 Å². The first-order valence-electron chi connectivity index (χ1n) is 6.41. The Morgan fingerprint density at radius 2 is 1.65 bits per heavy atom. The third-order valence-electron chi connectivity index (χ3n) is 2.43. The van der Waals surface area contributed by atoms with Crippen molar-refractivity contribution in [1.29, 1.82) is 0 Å². The summed E-state index contributed by atoms with van der Waals surface area (Å²) in [5.74, 6) is 0.976. The van der Waals surface area contributed by atoms with Crippen molar-refractivity contribution in [3.63, 3.8) is 0 Å². The van der Waals surface area contributed by atoms with Crippen molar-refractivity contribution in [2.75, 3.05) is 26.8 Å². The Balaban J connectivity index is 4.39. The number of hydrogen-bond acceptors (Lipinski definition) is 3. The number of hydrogen-bond donors (Lipinski definition) is 1. The Kier molecular flexibility index (Phi) is 8.17. The third kappa shape index (κ3) is 7.34. The van der Waals surface area contributed by atoms with Crippen molar-refractivity contribution in [3.8, 4) is 0 Å². The van der Waals surface area contributed by atoms with E-state index in [0.29, 0.717) is 24.9 Å². The van der Waals surface area contributed by atoms with Gasteiger partial charge < -0.3 is 15.4 Å². The predicted molar refractivity (Wildman–Crippen MR) is 70.7 cm³/mol.